The Kier molecular flexibility index (Phi) is 6.59. The van der Waals surface area contributed by atoms with Gasteiger partial charge in [0.25, 0.3) is 0 Å². The van der Waals surface area contributed by atoms with E-state index in [1.807, 2.05) is 24.5 Å². The van der Waals surface area contributed by atoms with Crippen molar-refractivity contribution in [3.8, 4) is 11.3 Å². The monoisotopic (exact) mass is 484 g/mol. The van der Waals surface area contributed by atoms with Crippen molar-refractivity contribution in [2.75, 3.05) is 26.3 Å². The van der Waals surface area contributed by atoms with Crippen molar-refractivity contribution in [2.45, 2.75) is 64.1 Å². The van der Waals surface area contributed by atoms with Crippen LogP contribution in [0.15, 0.2) is 55.0 Å². The summed E-state index contributed by atoms with van der Waals surface area (Å²) >= 11 is 0. The highest BCUT2D eigenvalue weighted by molar-refractivity contribution is 5.80. The van der Waals surface area contributed by atoms with Gasteiger partial charge in [-0.1, -0.05) is 6.07 Å². The first-order valence-electron chi connectivity index (χ1n) is 13.4. The van der Waals surface area contributed by atoms with Crippen LogP contribution < -0.4 is 0 Å². The molecule has 36 heavy (non-hydrogen) atoms. The van der Waals surface area contributed by atoms with Crippen molar-refractivity contribution < 1.29 is 4.74 Å². The smallest absolute Gasteiger partial charge is 0.0942 e. The molecule has 0 unspecified atom stereocenters. The zero-order valence-electron chi connectivity index (χ0n) is 21.4. The summed E-state index contributed by atoms with van der Waals surface area (Å²) in [6.45, 7) is 9.13. The van der Waals surface area contributed by atoms with Gasteiger partial charge in [-0.25, -0.2) is 0 Å². The highest BCUT2D eigenvalue weighted by atomic mass is 16.5. The van der Waals surface area contributed by atoms with Gasteiger partial charge in [0.05, 0.1) is 42.2 Å². The lowest BCUT2D eigenvalue weighted by molar-refractivity contribution is 0.00709. The van der Waals surface area contributed by atoms with Crippen LogP contribution in [-0.4, -0.2) is 61.6 Å². The highest BCUT2D eigenvalue weighted by Crippen LogP contribution is 2.37. The van der Waals surface area contributed by atoms with Crippen LogP contribution in [0.2, 0.25) is 0 Å². The minimum absolute atomic E-state index is 0.329. The number of ether oxygens (including phenoxy) is 1. The molecule has 6 rings (SSSR count). The van der Waals surface area contributed by atoms with E-state index in [2.05, 4.69) is 63.4 Å². The predicted molar refractivity (Wildman–Crippen MR) is 142 cm³/mol. The summed E-state index contributed by atoms with van der Waals surface area (Å²) < 4.78 is 10.0. The molecule has 0 atom stereocenters. The third kappa shape index (κ3) is 4.70. The van der Waals surface area contributed by atoms with Gasteiger partial charge in [-0.05, 0) is 69.9 Å². The van der Waals surface area contributed by atoms with Gasteiger partial charge >= 0.3 is 0 Å². The largest absolute Gasteiger partial charge is 0.379 e. The molecule has 1 saturated heterocycles. The van der Waals surface area contributed by atoms with Crippen molar-refractivity contribution in [2.24, 2.45) is 0 Å². The number of aromatic nitrogens is 5. The molecule has 1 saturated carbocycles. The zero-order chi connectivity index (χ0) is 24.5. The second-order valence-electron chi connectivity index (χ2n) is 10.5. The molecule has 2 fully saturated rings. The molecule has 1 aliphatic heterocycles. The van der Waals surface area contributed by atoms with E-state index >= 15 is 0 Å². The summed E-state index contributed by atoms with van der Waals surface area (Å²) in [4.78, 5) is 11.9. The van der Waals surface area contributed by atoms with Gasteiger partial charge in [0.2, 0.25) is 0 Å². The van der Waals surface area contributed by atoms with Gasteiger partial charge in [0.1, 0.15) is 0 Å². The number of hydrogen-bond donors (Lipinski definition) is 0. The molecule has 4 aromatic heterocycles. The molecule has 0 N–H and O–H groups in total. The quantitative estimate of drug-likeness (QED) is 0.373. The summed E-state index contributed by atoms with van der Waals surface area (Å²) in [6.07, 6.45) is 10.9. The SMILES string of the molecule is CC(C)n1nc(-c2cnc3ccn(Cc4ccccn4)c3c2)cc1C1CCC(N2CCOCC2)CC1. The molecule has 0 amide bonds. The van der Waals surface area contributed by atoms with Crippen LogP contribution in [-0.2, 0) is 11.3 Å². The Hall–Kier alpha value is -3.03. The molecule has 188 valence electrons. The van der Waals surface area contributed by atoms with Crippen LogP contribution in [0, 0.1) is 0 Å². The fourth-order valence-corrected chi connectivity index (χ4v) is 5.96. The van der Waals surface area contributed by atoms with Gasteiger partial charge in [-0.3, -0.25) is 19.5 Å². The average Bonchev–Trinajstić information content (AvgIpc) is 3.55. The maximum Gasteiger partial charge on any atom is 0.0942 e. The van der Waals surface area contributed by atoms with Crippen molar-refractivity contribution in [1.29, 1.82) is 0 Å². The number of nitrogens with zero attached hydrogens (tertiary/aromatic N) is 6. The molecule has 0 radical (unpaired) electrons. The number of hydrogen-bond acceptors (Lipinski definition) is 5. The Morgan fingerprint density at radius 3 is 2.58 bits per heavy atom. The van der Waals surface area contributed by atoms with Crippen molar-refractivity contribution in [3.63, 3.8) is 0 Å². The topological polar surface area (TPSA) is 61.0 Å². The lowest BCUT2D eigenvalue weighted by Gasteiger charge is -2.39. The summed E-state index contributed by atoms with van der Waals surface area (Å²) in [5, 5.41) is 5.10. The van der Waals surface area contributed by atoms with E-state index in [0.29, 0.717) is 18.0 Å². The average molecular weight is 485 g/mol. The molecule has 5 heterocycles. The summed E-state index contributed by atoms with van der Waals surface area (Å²) in [7, 11) is 0. The van der Waals surface area contributed by atoms with Crippen LogP contribution in [0.3, 0.4) is 0 Å². The molecule has 2 aliphatic rings. The summed E-state index contributed by atoms with van der Waals surface area (Å²) in [5.41, 5.74) is 6.63. The minimum Gasteiger partial charge on any atom is -0.379 e. The van der Waals surface area contributed by atoms with Crippen molar-refractivity contribution in [1.82, 2.24) is 29.2 Å². The third-order valence-corrected chi connectivity index (χ3v) is 7.90. The van der Waals surface area contributed by atoms with E-state index in [4.69, 9.17) is 14.8 Å². The minimum atomic E-state index is 0.329. The van der Waals surface area contributed by atoms with Crippen LogP contribution in [0.1, 0.15) is 62.9 Å². The fourth-order valence-electron chi connectivity index (χ4n) is 5.96. The maximum absolute atomic E-state index is 5.56. The lowest BCUT2D eigenvalue weighted by atomic mass is 9.83. The molecule has 0 bridgehead atoms. The Morgan fingerprint density at radius 2 is 1.83 bits per heavy atom. The second kappa shape index (κ2) is 10.1. The third-order valence-electron chi connectivity index (χ3n) is 7.90. The highest BCUT2D eigenvalue weighted by Gasteiger charge is 2.30. The van der Waals surface area contributed by atoms with Crippen LogP contribution in [0.4, 0.5) is 0 Å². The number of fused-ring (bicyclic) bond motifs is 1. The second-order valence-corrected chi connectivity index (χ2v) is 10.5. The summed E-state index contributed by atoms with van der Waals surface area (Å²) in [6, 6.07) is 13.7. The van der Waals surface area contributed by atoms with Gasteiger partial charge in [0, 0.05) is 60.9 Å². The van der Waals surface area contributed by atoms with Gasteiger partial charge in [-0.15, -0.1) is 0 Å². The van der Waals surface area contributed by atoms with Crippen LogP contribution in [0.25, 0.3) is 22.3 Å². The van der Waals surface area contributed by atoms with E-state index in [1.165, 1.54) is 31.4 Å². The molecule has 1 aliphatic carbocycles. The Labute approximate surface area is 213 Å². The predicted octanol–water partition coefficient (Wildman–Crippen LogP) is 5.28. The van der Waals surface area contributed by atoms with E-state index in [0.717, 1.165) is 60.8 Å². The van der Waals surface area contributed by atoms with Gasteiger partial charge in [0.15, 0.2) is 0 Å². The Morgan fingerprint density at radius 1 is 1.00 bits per heavy atom. The fraction of sp³-hybridized carbons (Fsp3) is 0.483. The molecule has 7 heteroatoms. The molecule has 7 nitrogen and oxygen atoms in total. The molecular formula is C29H36N6O. The maximum atomic E-state index is 5.56. The van der Waals surface area contributed by atoms with Crippen LogP contribution in [0.5, 0.6) is 0 Å². The standard InChI is InChI=1S/C29H36N6O/c1-21(2)35-28(22-6-8-25(9-7-22)33-13-15-36-16-14-33)18-27(32-35)23-17-29-26(31-19-23)10-12-34(29)20-24-5-3-4-11-30-24/h3-5,10-12,17-19,21-22,25H,6-9,13-16,20H2,1-2H3. The normalized spacial score (nSPS) is 21.4. The van der Waals surface area contributed by atoms with E-state index < -0.39 is 0 Å². The van der Waals surface area contributed by atoms with Crippen LogP contribution >= 0.6 is 0 Å². The summed E-state index contributed by atoms with van der Waals surface area (Å²) in [5.74, 6) is 0.565. The van der Waals surface area contributed by atoms with Crippen molar-refractivity contribution >= 4 is 11.0 Å². The molecule has 0 aromatic carbocycles. The van der Waals surface area contributed by atoms with E-state index in [1.54, 1.807) is 0 Å². The van der Waals surface area contributed by atoms with Crippen molar-refractivity contribution in [3.05, 3.63) is 66.4 Å². The van der Waals surface area contributed by atoms with Gasteiger partial charge < -0.3 is 9.30 Å². The first kappa shape index (κ1) is 23.4. The molecule has 4 aromatic rings. The Balaban J connectivity index is 1.25. The number of pyridine rings is 2. The lowest BCUT2D eigenvalue weighted by Crippen LogP contribution is -2.44. The first-order valence-corrected chi connectivity index (χ1v) is 13.4. The molecular weight excluding hydrogens is 448 g/mol. The first-order chi connectivity index (χ1) is 17.7. The van der Waals surface area contributed by atoms with E-state index in [9.17, 15) is 0 Å². The number of morpholine rings is 1. The Bertz CT molecular complexity index is 1300. The van der Waals surface area contributed by atoms with E-state index in [-0.39, 0.29) is 0 Å². The number of rotatable bonds is 6. The molecule has 0 spiro atoms. The zero-order valence-corrected chi connectivity index (χ0v) is 21.4. The van der Waals surface area contributed by atoms with Gasteiger partial charge in [-0.2, -0.15) is 5.10 Å².